The molecule has 2 aromatic rings. The predicted octanol–water partition coefficient (Wildman–Crippen LogP) is 5.48. The number of benzene rings is 2. The topological polar surface area (TPSA) is 65.0 Å². The van der Waals surface area contributed by atoms with Gasteiger partial charge in [0.2, 0.25) is 0 Å². The number of carbonyl (C=O) groups excluding carboxylic acids is 1. The summed E-state index contributed by atoms with van der Waals surface area (Å²) in [5, 5.41) is 11.4. The molecule has 3 aliphatic rings. The molecule has 0 aromatic heterocycles. The molecule has 1 saturated heterocycles. The monoisotopic (exact) mass is 448 g/mol. The predicted molar refractivity (Wildman–Crippen MR) is 126 cm³/mol. The quantitative estimate of drug-likeness (QED) is 0.628. The number of Topliss-reactive ketones (excluding diaryl/α,β-unsaturated/α-hetero) is 1. The van der Waals surface area contributed by atoms with Crippen LogP contribution in [0.3, 0.4) is 0 Å². The fourth-order valence-corrected chi connectivity index (χ4v) is 6.03. The molecule has 0 unspecified atom stereocenters. The molecule has 1 aliphatic heterocycles. The van der Waals surface area contributed by atoms with Gasteiger partial charge in [-0.2, -0.15) is 0 Å². The number of methoxy groups -OCH3 is 2. The summed E-state index contributed by atoms with van der Waals surface area (Å²) in [5.74, 6) is 0.548. The van der Waals surface area contributed by atoms with E-state index >= 15 is 0 Å². The Morgan fingerprint density at radius 3 is 2.30 bits per heavy atom. The molecule has 5 nitrogen and oxygen atoms in total. The van der Waals surface area contributed by atoms with Gasteiger partial charge in [-0.15, -0.1) is 0 Å². The molecule has 2 aliphatic carbocycles. The SMILES string of the molecule is COc1ccc(/C=C2\CC[C@]3(C[C@H]4CCCC[C@@]4(O)O[C@@H]3c3ccc(OC)cc3)C2=O)cc1. The highest BCUT2D eigenvalue weighted by atomic mass is 16.6. The Morgan fingerprint density at radius 2 is 1.64 bits per heavy atom. The molecule has 1 spiro atoms. The smallest absolute Gasteiger partial charge is 0.169 e. The Labute approximate surface area is 195 Å². The van der Waals surface area contributed by atoms with E-state index in [0.717, 1.165) is 53.9 Å². The molecular weight excluding hydrogens is 416 g/mol. The van der Waals surface area contributed by atoms with Crippen LogP contribution in [-0.4, -0.2) is 30.9 Å². The first-order valence-electron chi connectivity index (χ1n) is 11.9. The van der Waals surface area contributed by atoms with Gasteiger partial charge < -0.3 is 19.3 Å². The maximum absolute atomic E-state index is 14.0. The van der Waals surface area contributed by atoms with Gasteiger partial charge in [0.1, 0.15) is 11.5 Å². The average molecular weight is 449 g/mol. The lowest BCUT2D eigenvalue weighted by Gasteiger charge is -2.53. The van der Waals surface area contributed by atoms with Gasteiger partial charge >= 0.3 is 0 Å². The highest BCUT2D eigenvalue weighted by Gasteiger charge is 2.61. The molecule has 4 atom stereocenters. The van der Waals surface area contributed by atoms with Gasteiger partial charge in [0, 0.05) is 12.3 Å². The molecule has 5 heteroatoms. The highest BCUT2D eigenvalue weighted by molar-refractivity contribution is 6.06. The van der Waals surface area contributed by atoms with E-state index in [4.69, 9.17) is 14.2 Å². The Balaban J connectivity index is 1.52. The summed E-state index contributed by atoms with van der Waals surface area (Å²) in [4.78, 5) is 14.0. The fraction of sp³-hybridized carbons (Fsp3) is 0.464. The van der Waals surface area contributed by atoms with Gasteiger partial charge in [-0.25, -0.2) is 0 Å². The molecule has 174 valence electrons. The molecule has 5 rings (SSSR count). The molecular formula is C28H32O5. The Bertz CT molecular complexity index is 1040. The minimum absolute atomic E-state index is 0.00923. The average Bonchev–Trinajstić information content (AvgIpc) is 3.15. The second kappa shape index (κ2) is 8.62. The molecule has 1 N–H and O–H groups in total. The number of rotatable bonds is 4. The van der Waals surface area contributed by atoms with Crippen molar-refractivity contribution in [3.05, 3.63) is 65.2 Å². The zero-order valence-electron chi connectivity index (χ0n) is 19.4. The van der Waals surface area contributed by atoms with Gasteiger partial charge in [-0.3, -0.25) is 4.79 Å². The van der Waals surface area contributed by atoms with E-state index in [0.29, 0.717) is 19.3 Å². The van der Waals surface area contributed by atoms with Crippen molar-refractivity contribution in [3.8, 4) is 11.5 Å². The maximum Gasteiger partial charge on any atom is 0.169 e. The number of hydrogen-bond donors (Lipinski definition) is 1. The third-order valence-corrected chi connectivity index (χ3v) is 7.87. The molecule has 3 fully saturated rings. The van der Waals surface area contributed by atoms with Crippen molar-refractivity contribution >= 4 is 11.9 Å². The third kappa shape index (κ3) is 3.87. The van der Waals surface area contributed by atoms with E-state index in [1.54, 1.807) is 14.2 Å². The lowest BCUT2D eigenvalue weighted by atomic mass is 9.63. The number of aliphatic hydroxyl groups is 1. The third-order valence-electron chi connectivity index (χ3n) is 7.87. The number of carbonyl (C=O) groups is 1. The molecule has 2 aromatic carbocycles. The van der Waals surface area contributed by atoms with E-state index in [2.05, 4.69) is 0 Å². The highest BCUT2D eigenvalue weighted by Crippen LogP contribution is 2.61. The lowest BCUT2D eigenvalue weighted by molar-refractivity contribution is -0.323. The van der Waals surface area contributed by atoms with Crippen LogP contribution in [0.15, 0.2) is 54.1 Å². The van der Waals surface area contributed by atoms with E-state index < -0.39 is 17.3 Å². The second-order valence-corrected chi connectivity index (χ2v) is 9.69. The van der Waals surface area contributed by atoms with E-state index in [-0.39, 0.29) is 11.7 Å². The summed E-state index contributed by atoms with van der Waals surface area (Å²) in [6, 6.07) is 15.5. The molecule has 33 heavy (non-hydrogen) atoms. The zero-order valence-corrected chi connectivity index (χ0v) is 19.4. The first-order valence-corrected chi connectivity index (χ1v) is 11.9. The Hall–Kier alpha value is -2.63. The number of ketones is 1. The van der Waals surface area contributed by atoms with Crippen molar-refractivity contribution in [1.29, 1.82) is 0 Å². The summed E-state index contributed by atoms with van der Waals surface area (Å²) in [5.41, 5.74) is 2.10. The number of hydrogen-bond acceptors (Lipinski definition) is 5. The van der Waals surface area contributed by atoms with Crippen LogP contribution in [-0.2, 0) is 9.53 Å². The molecule has 0 radical (unpaired) electrons. The number of allylic oxidation sites excluding steroid dienone is 1. The van der Waals surface area contributed by atoms with Crippen LogP contribution in [0.2, 0.25) is 0 Å². The summed E-state index contributed by atoms with van der Waals surface area (Å²) in [7, 11) is 3.28. The Morgan fingerprint density at radius 1 is 0.970 bits per heavy atom. The first kappa shape index (κ1) is 22.2. The van der Waals surface area contributed by atoms with Crippen LogP contribution in [0.1, 0.15) is 62.2 Å². The van der Waals surface area contributed by atoms with Gasteiger partial charge in [-0.05, 0) is 79.1 Å². The zero-order chi connectivity index (χ0) is 23.1. The minimum atomic E-state index is -1.16. The van der Waals surface area contributed by atoms with E-state index in [1.807, 2.05) is 54.6 Å². The fourth-order valence-electron chi connectivity index (χ4n) is 6.03. The van der Waals surface area contributed by atoms with Crippen LogP contribution in [0.5, 0.6) is 11.5 Å². The second-order valence-electron chi connectivity index (χ2n) is 9.69. The van der Waals surface area contributed by atoms with Crippen molar-refractivity contribution in [2.45, 2.75) is 56.8 Å². The van der Waals surface area contributed by atoms with Gasteiger partial charge in [0.25, 0.3) is 0 Å². The standard InChI is InChI=1S/C28H32O5/c1-31-23-10-6-19(7-11-23)17-21-14-16-27(25(21)29)18-22-5-3-4-15-28(22,30)33-26(27)20-8-12-24(32-2)13-9-20/h6-13,17,22,26,30H,3-5,14-16,18H2,1-2H3/b21-17+/t22-,26-,27+,28-/m1/s1. The molecule has 0 bridgehead atoms. The summed E-state index contributed by atoms with van der Waals surface area (Å²) in [6.07, 6.45) is 7.19. The lowest BCUT2D eigenvalue weighted by Crippen LogP contribution is -2.55. The van der Waals surface area contributed by atoms with Gasteiger partial charge in [0.15, 0.2) is 11.6 Å². The van der Waals surface area contributed by atoms with Crippen LogP contribution < -0.4 is 9.47 Å². The molecule has 0 amide bonds. The van der Waals surface area contributed by atoms with Crippen LogP contribution in [0.25, 0.3) is 6.08 Å². The van der Waals surface area contributed by atoms with Crippen LogP contribution >= 0.6 is 0 Å². The van der Waals surface area contributed by atoms with Crippen molar-refractivity contribution in [2.24, 2.45) is 11.3 Å². The summed E-state index contributed by atoms with van der Waals surface area (Å²) in [6.45, 7) is 0. The number of fused-ring (bicyclic) bond motifs is 1. The Kier molecular flexibility index (Phi) is 5.79. The van der Waals surface area contributed by atoms with Crippen molar-refractivity contribution in [2.75, 3.05) is 14.2 Å². The van der Waals surface area contributed by atoms with E-state index in [9.17, 15) is 9.90 Å². The van der Waals surface area contributed by atoms with Gasteiger partial charge in [-0.1, -0.05) is 30.7 Å². The number of ether oxygens (including phenoxy) is 3. The molecule has 2 saturated carbocycles. The first-order chi connectivity index (χ1) is 16.0. The van der Waals surface area contributed by atoms with Gasteiger partial charge in [0.05, 0.1) is 25.7 Å². The molecule has 1 heterocycles. The van der Waals surface area contributed by atoms with Crippen LogP contribution in [0.4, 0.5) is 0 Å². The summed E-state index contributed by atoms with van der Waals surface area (Å²) >= 11 is 0. The normalized spacial score (nSPS) is 32.7. The van der Waals surface area contributed by atoms with Crippen molar-refractivity contribution in [3.63, 3.8) is 0 Å². The van der Waals surface area contributed by atoms with Crippen molar-refractivity contribution in [1.82, 2.24) is 0 Å². The maximum atomic E-state index is 14.0. The largest absolute Gasteiger partial charge is 0.497 e. The van der Waals surface area contributed by atoms with Crippen LogP contribution in [0, 0.1) is 11.3 Å². The summed E-state index contributed by atoms with van der Waals surface area (Å²) < 4.78 is 17.1. The van der Waals surface area contributed by atoms with Crippen molar-refractivity contribution < 1.29 is 24.1 Å². The minimum Gasteiger partial charge on any atom is -0.497 e. The van der Waals surface area contributed by atoms with E-state index in [1.165, 1.54) is 0 Å².